The molecule has 0 radical (unpaired) electrons. The second kappa shape index (κ2) is 11.5. The molecule has 2 heteroatoms. The topological polar surface area (TPSA) is 8.17 Å². The van der Waals surface area contributed by atoms with Gasteiger partial charge in [-0.05, 0) is 98.7 Å². The summed E-state index contributed by atoms with van der Waals surface area (Å²) >= 11 is 0. The van der Waals surface area contributed by atoms with E-state index in [1.807, 2.05) is 0 Å². The quantitative estimate of drug-likeness (QED) is 0.171. The number of hydrogen-bond donors (Lipinski definition) is 0. The van der Waals surface area contributed by atoms with Gasteiger partial charge in [0.2, 0.25) is 0 Å². The predicted octanol–water partition coefficient (Wildman–Crippen LogP) is 13.4. The van der Waals surface area contributed by atoms with Gasteiger partial charge in [0.05, 0.1) is 11.0 Å². The van der Waals surface area contributed by atoms with Gasteiger partial charge >= 0.3 is 0 Å². The molecular formula is C48H32N2. The molecule has 0 aliphatic heterocycles. The van der Waals surface area contributed by atoms with Crippen molar-refractivity contribution >= 4 is 71.2 Å². The Kier molecular flexibility index (Phi) is 6.53. The molecule has 0 atom stereocenters. The Morgan fingerprint density at radius 1 is 0.360 bits per heavy atom. The molecule has 0 unspecified atom stereocenters. The van der Waals surface area contributed by atoms with E-state index < -0.39 is 0 Å². The van der Waals surface area contributed by atoms with Crippen LogP contribution < -0.4 is 4.90 Å². The van der Waals surface area contributed by atoms with Crippen molar-refractivity contribution in [2.75, 3.05) is 4.90 Å². The first kappa shape index (κ1) is 28.4. The molecule has 0 saturated carbocycles. The van der Waals surface area contributed by atoms with E-state index in [4.69, 9.17) is 0 Å². The lowest BCUT2D eigenvalue weighted by Gasteiger charge is -2.26. The Morgan fingerprint density at radius 3 is 1.80 bits per heavy atom. The first-order chi connectivity index (χ1) is 24.8. The van der Waals surface area contributed by atoms with Gasteiger partial charge in [0, 0.05) is 38.9 Å². The maximum absolute atomic E-state index is 2.44. The predicted molar refractivity (Wildman–Crippen MR) is 213 cm³/mol. The third-order valence-electron chi connectivity index (χ3n) is 10.1. The Morgan fingerprint density at radius 2 is 0.960 bits per heavy atom. The molecule has 1 heterocycles. The van der Waals surface area contributed by atoms with Gasteiger partial charge in [-0.3, -0.25) is 0 Å². The molecule has 10 rings (SSSR count). The van der Waals surface area contributed by atoms with E-state index in [1.54, 1.807) is 0 Å². The van der Waals surface area contributed by atoms with E-state index in [0.717, 1.165) is 22.7 Å². The average Bonchev–Trinajstić information content (AvgIpc) is 3.54. The summed E-state index contributed by atoms with van der Waals surface area (Å²) in [5.74, 6) is 0. The van der Waals surface area contributed by atoms with Gasteiger partial charge in [0.1, 0.15) is 0 Å². The lowest BCUT2D eigenvalue weighted by Crippen LogP contribution is -2.09. The zero-order valence-corrected chi connectivity index (χ0v) is 27.4. The first-order valence-electron chi connectivity index (χ1n) is 17.2. The van der Waals surface area contributed by atoms with Crippen LogP contribution in [0.5, 0.6) is 0 Å². The lowest BCUT2D eigenvalue weighted by atomic mass is 9.94. The highest BCUT2D eigenvalue weighted by molar-refractivity contribution is 6.24. The van der Waals surface area contributed by atoms with E-state index in [0.29, 0.717) is 0 Å². The molecule has 0 aliphatic carbocycles. The SMILES string of the molecule is c1ccc(N(c2cccc(-c3cc4ccccc4c4c3c3ccccc3n4-c3ccccc3)c2)c2ccc3c(ccc4ccccc43)c2)cc1. The number of nitrogens with zero attached hydrogens (tertiary/aromatic N) is 2. The van der Waals surface area contributed by atoms with Crippen LogP contribution >= 0.6 is 0 Å². The third kappa shape index (κ3) is 4.50. The molecule has 9 aromatic carbocycles. The van der Waals surface area contributed by atoms with Gasteiger partial charge < -0.3 is 9.47 Å². The molecule has 1 aromatic heterocycles. The zero-order valence-electron chi connectivity index (χ0n) is 27.4. The molecule has 0 N–H and O–H groups in total. The van der Waals surface area contributed by atoms with Crippen LogP contribution in [0.4, 0.5) is 17.1 Å². The van der Waals surface area contributed by atoms with Crippen molar-refractivity contribution in [3.8, 4) is 16.8 Å². The summed E-state index contributed by atoms with van der Waals surface area (Å²) in [5.41, 5.74) is 9.37. The van der Waals surface area contributed by atoms with Crippen LogP contribution in [0.2, 0.25) is 0 Å². The van der Waals surface area contributed by atoms with Gasteiger partial charge in [-0.1, -0.05) is 133 Å². The van der Waals surface area contributed by atoms with E-state index in [1.165, 1.54) is 65.3 Å². The maximum atomic E-state index is 2.44. The fraction of sp³-hybridized carbons (Fsp3) is 0. The van der Waals surface area contributed by atoms with Gasteiger partial charge in [-0.25, -0.2) is 0 Å². The Labute approximate surface area is 290 Å². The van der Waals surface area contributed by atoms with Crippen molar-refractivity contribution in [2.24, 2.45) is 0 Å². The molecule has 0 saturated heterocycles. The Balaban J connectivity index is 1.22. The minimum atomic E-state index is 1.11. The van der Waals surface area contributed by atoms with Crippen LogP contribution in [0.1, 0.15) is 0 Å². The average molecular weight is 637 g/mol. The molecule has 0 bridgehead atoms. The maximum Gasteiger partial charge on any atom is 0.0625 e. The highest BCUT2D eigenvalue weighted by Gasteiger charge is 2.20. The largest absolute Gasteiger partial charge is 0.310 e. The minimum Gasteiger partial charge on any atom is -0.310 e. The Bertz CT molecular complexity index is 2870. The van der Waals surface area contributed by atoms with E-state index in [2.05, 4.69) is 204 Å². The summed E-state index contributed by atoms with van der Waals surface area (Å²) in [6.45, 7) is 0. The van der Waals surface area contributed by atoms with Crippen molar-refractivity contribution in [1.82, 2.24) is 4.57 Å². The van der Waals surface area contributed by atoms with Gasteiger partial charge in [-0.15, -0.1) is 0 Å². The molecule has 0 amide bonds. The van der Waals surface area contributed by atoms with E-state index in [9.17, 15) is 0 Å². The van der Waals surface area contributed by atoms with Gasteiger partial charge in [-0.2, -0.15) is 0 Å². The summed E-state index contributed by atoms with van der Waals surface area (Å²) < 4.78 is 2.44. The van der Waals surface area contributed by atoms with Crippen LogP contribution in [0.3, 0.4) is 0 Å². The van der Waals surface area contributed by atoms with Gasteiger partial charge in [0.15, 0.2) is 0 Å². The number of rotatable bonds is 5. The van der Waals surface area contributed by atoms with Crippen LogP contribution in [0.15, 0.2) is 194 Å². The number of benzene rings is 9. The van der Waals surface area contributed by atoms with Crippen molar-refractivity contribution < 1.29 is 0 Å². The molecule has 0 fully saturated rings. The van der Waals surface area contributed by atoms with Crippen LogP contribution in [-0.2, 0) is 0 Å². The molecule has 0 spiro atoms. The van der Waals surface area contributed by atoms with Crippen molar-refractivity contribution in [2.45, 2.75) is 0 Å². The van der Waals surface area contributed by atoms with Gasteiger partial charge in [0.25, 0.3) is 0 Å². The smallest absolute Gasteiger partial charge is 0.0625 e. The van der Waals surface area contributed by atoms with Crippen molar-refractivity contribution in [1.29, 1.82) is 0 Å². The number of fused-ring (bicyclic) bond motifs is 8. The summed E-state index contributed by atoms with van der Waals surface area (Å²) in [5, 5.41) is 10.0. The molecule has 50 heavy (non-hydrogen) atoms. The molecule has 234 valence electrons. The normalized spacial score (nSPS) is 11.6. The molecule has 2 nitrogen and oxygen atoms in total. The first-order valence-corrected chi connectivity index (χ1v) is 17.2. The number of para-hydroxylation sites is 3. The van der Waals surface area contributed by atoms with Crippen molar-refractivity contribution in [3.63, 3.8) is 0 Å². The third-order valence-corrected chi connectivity index (χ3v) is 10.1. The fourth-order valence-electron chi connectivity index (χ4n) is 7.88. The zero-order chi connectivity index (χ0) is 33.0. The standard InChI is InChI=1S/C48H32N2/c1-3-17-37(18-4-1)49(40-28-29-42-36(31-40)27-26-33-14-7-9-22-41(33)42)39-21-13-16-34(30-39)45-32-35-15-8-10-23-43(35)48-47(45)44-24-11-12-25-46(44)50(48)38-19-5-2-6-20-38/h1-32H. The summed E-state index contributed by atoms with van der Waals surface area (Å²) in [4.78, 5) is 2.38. The Hall–Kier alpha value is -6.64. The molecule has 0 aliphatic rings. The molecular weight excluding hydrogens is 605 g/mol. The molecule has 10 aromatic rings. The van der Waals surface area contributed by atoms with E-state index in [-0.39, 0.29) is 0 Å². The lowest BCUT2D eigenvalue weighted by molar-refractivity contribution is 1.19. The second-order valence-electron chi connectivity index (χ2n) is 13.0. The summed E-state index contributed by atoms with van der Waals surface area (Å²) in [6.07, 6.45) is 0. The van der Waals surface area contributed by atoms with Crippen LogP contribution in [0, 0.1) is 0 Å². The number of aromatic nitrogens is 1. The summed E-state index contributed by atoms with van der Waals surface area (Å²) in [7, 11) is 0. The van der Waals surface area contributed by atoms with Crippen molar-refractivity contribution in [3.05, 3.63) is 194 Å². The second-order valence-corrected chi connectivity index (χ2v) is 13.0. The fourth-order valence-corrected chi connectivity index (χ4v) is 7.88. The summed E-state index contributed by atoms with van der Waals surface area (Å²) in [6, 6.07) is 70.5. The van der Waals surface area contributed by atoms with E-state index >= 15 is 0 Å². The highest BCUT2D eigenvalue weighted by Crippen LogP contribution is 2.44. The van der Waals surface area contributed by atoms with Crippen LogP contribution in [-0.4, -0.2) is 4.57 Å². The highest BCUT2D eigenvalue weighted by atomic mass is 15.1. The number of hydrogen-bond acceptors (Lipinski definition) is 1. The monoisotopic (exact) mass is 636 g/mol. The minimum absolute atomic E-state index is 1.11. The van der Waals surface area contributed by atoms with Crippen LogP contribution in [0.25, 0.3) is 70.9 Å². The number of anilines is 3.